The van der Waals surface area contributed by atoms with Crippen LogP contribution in [0.25, 0.3) is 0 Å². The summed E-state index contributed by atoms with van der Waals surface area (Å²) in [7, 11) is -2.13. The van der Waals surface area contributed by atoms with Gasteiger partial charge in [0.25, 0.3) is 0 Å². The molecule has 2 atom stereocenters. The summed E-state index contributed by atoms with van der Waals surface area (Å²) in [6.45, 7) is 0. The van der Waals surface area contributed by atoms with Crippen molar-refractivity contribution in [3.8, 4) is 5.75 Å². The predicted molar refractivity (Wildman–Crippen MR) is 125 cm³/mol. The summed E-state index contributed by atoms with van der Waals surface area (Å²) >= 11 is 12.0. The Labute approximate surface area is 201 Å². The Bertz CT molecular complexity index is 1180. The molecule has 2 amide bonds. The number of anilines is 2. The van der Waals surface area contributed by atoms with Gasteiger partial charge >= 0.3 is 6.03 Å². The molecule has 0 aromatic heterocycles. The number of halogens is 3. The molecular formula is C21H23Cl2FN4O4S. The molecule has 2 heterocycles. The molecule has 8 nitrogen and oxygen atoms in total. The number of phenols is 1. The van der Waals surface area contributed by atoms with Gasteiger partial charge in [-0.25, -0.2) is 22.3 Å². The first kappa shape index (κ1) is 24.0. The van der Waals surface area contributed by atoms with Crippen LogP contribution in [-0.4, -0.2) is 49.6 Å². The van der Waals surface area contributed by atoms with E-state index in [1.54, 1.807) is 0 Å². The molecule has 2 saturated heterocycles. The SMILES string of the molecule is CN1C2CCC1CC(NS(=O)(=O)c1c(Cl)ccc(NC(=O)Nc3cccc(F)c3Cl)c1O)C2. The van der Waals surface area contributed by atoms with Gasteiger partial charge in [0, 0.05) is 18.1 Å². The zero-order valence-corrected chi connectivity index (χ0v) is 19.9. The molecule has 2 aromatic carbocycles. The van der Waals surface area contributed by atoms with E-state index in [0.29, 0.717) is 24.9 Å². The molecule has 2 unspecified atom stereocenters. The second-order valence-electron chi connectivity index (χ2n) is 8.29. The average Bonchev–Trinajstić information content (AvgIpc) is 2.94. The lowest BCUT2D eigenvalue weighted by Crippen LogP contribution is -2.48. The highest BCUT2D eigenvalue weighted by molar-refractivity contribution is 7.89. The Hall–Kier alpha value is -2.11. The fourth-order valence-electron chi connectivity index (χ4n) is 4.57. The van der Waals surface area contributed by atoms with E-state index >= 15 is 0 Å². The summed E-state index contributed by atoms with van der Waals surface area (Å²) in [5, 5.41) is 14.9. The molecule has 4 N–H and O–H groups in total. The predicted octanol–water partition coefficient (Wildman–Crippen LogP) is 4.39. The van der Waals surface area contributed by atoms with Crippen molar-refractivity contribution in [1.29, 1.82) is 0 Å². The standard InChI is InChI=1S/C21H23Cl2FN4O4S/c1-28-12-5-6-13(28)10-11(9-12)27-33(31,32)20-14(22)7-8-17(19(20)29)26-21(30)25-16-4-2-3-15(24)18(16)23/h2-4,7-8,11-13,27,29H,5-6,9-10H2,1H3,(H2,25,26,30). The van der Waals surface area contributed by atoms with Crippen LogP contribution in [-0.2, 0) is 10.0 Å². The van der Waals surface area contributed by atoms with Crippen molar-refractivity contribution in [2.75, 3.05) is 17.7 Å². The molecule has 0 aliphatic carbocycles. The van der Waals surface area contributed by atoms with Crippen molar-refractivity contribution >= 4 is 50.6 Å². The maximum Gasteiger partial charge on any atom is 0.323 e. The zero-order chi connectivity index (χ0) is 23.9. The number of aromatic hydroxyl groups is 1. The first-order valence-electron chi connectivity index (χ1n) is 10.3. The van der Waals surface area contributed by atoms with Crippen LogP contribution >= 0.6 is 23.2 Å². The Morgan fingerprint density at radius 1 is 1.09 bits per heavy atom. The smallest absolute Gasteiger partial charge is 0.323 e. The van der Waals surface area contributed by atoms with Crippen molar-refractivity contribution in [2.24, 2.45) is 0 Å². The molecule has 12 heteroatoms. The van der Waals surface area contributed by atoms with Crippen LogP contribution in [0.2, 0.25) is 10.0 Å². The average molecular weight is 517 g/mol. The number of phenolic OH excluding ortho intramolecular Hbond substituents is 1. The Morgan fingerprint density at radius 2 is 1.73 bits per heavy atom. The lowest BCUT2D eigenvalue weighted by Gasteiger charge is -2.36. The summed E-state index contributed by atoms with van der Waals surface area (Å²) in [5.74, 6) is -1.42. The Morgan fingerprint density at radius 3 is 2.39 bits per heavy atom. The minimum atomic E-state index is -4.18. The molecular weight excluding hydrogens is 494 g/mol. The highest BCUT2D eigenvalue weighted by Gasteiger charge is 2.40. The fraction of sp³-hybridized carbons (Fsp3) is 0.381. The van der Waals surface area contributed by atoms with Crippen molar-refractivity contribution in [1.82, 2.24) is 9.62 Å². The number of hydrogen-bond acceptors (Lipinski definition) is 5. The monoisotopic (exact) mass is 516 g/mol. The van der Waals surface area contributed by atoms with Crippen molar-refractivity contribution in [3.05, 3.63) is 46.2 Å². The van der Waals surface area contributed by atoms with Gasteiger partial charge in [-0.3, -0.25) is 0 Å². The van der Waals surface area contributed by atoms with Crippen LogP contribution in [0.4, 0.5) is 20.6 Å². The van der Waals surface area contributed by atoms with Gasteiger partial charge in [-0.2, -0.15) is 0 Å². The fourth-order valence-corrected chi connectivity index (χ4v) is 6.63. The van der Waals surface area contributed by atoms with E-state index in [2.05, 4.69) is 20.3 Å². The normalized spacial score (nSPS) is 22.8. The lowest BCUT2D eigenvalue weighted by molar-refractivity contribution is 0.157. The number of sulfonamides is 1. The second-order valence-corrected chi connectivity index (χ2v) is 10.7. The summed E-state index contributed by atoms with van der Waals surface area (Å²) in [6, 6.07) is 5.90. The number of urea groups is 1. The number of fused-ring (bicyclic) bond motifs is 2. The number of carbonyl (C=O) groups is 1. The van der Waals surface area contributed by atoms with Crippen LogP contribution in [0.3, 0.4) is 0 Å². The third-order valence-electron chi connectivity index (χ3n) is 6.22. The van der Waals surface area contributed by atoms with Gasteiger partial charge in [0.15, 0.2) is 5.75 Å². The number of hydrogen-bond donors (Lipinski definition) is 4. The van der Waals surface area contributed by atoms with Gasteiger partial charge in [-0.1, -0.05) is 29.3 Å². The van der Waals surface area contributed by atoms with E-state index in [0.717, 1.165) is 18.9 Å². The molecule has 4 rings (SSSR count). The van der Waals surface area contributed by atoms with E-state index < -0.39 is 32.5 Å². The van der Waals surface area contributed by atoms with Crippen molar-refractivity contribution in [2.45, 2.75) is 48.7 Å². The summed E-state index contributed by atoms with van der Waals surface area (Å²) < 4.78 is 42.5. The van der Waals surface area contributed by atoms with E-state index in [9.17, 15) is 22.7 Å². The van der Waals surface area contributed by atoms with Gasteiger partial charge < -0.3 is 20.6 Å². The highest BCUT2D eigenvalue weighted by atomic mass is 35.5. The maximum absolute atomic E-state index is 13.6. The van der Waals surface area contributed by atoms with E-state index in [4.69, 9.17) is 23.2 Å². The van der Waals surface area contributed by atoms with Crippen LogP contribution in [0, 0.1) is 5.82 Å². The summed E-state index contributed by atoms with van der Waals surface area (Å²) in [5.41, 5.74) is -0.178. The van der Waals surface area contributed by atoms with Crippen molar-refractivity contribution in [3.63, 3.8) is 0 Å². The number of benzene rings is 2. The molecule has 0 saturated carbocycles. The molecule has 2 fully saturated rings. The molecule has 33 heavy (non-hydrogen) atoms. The second kappa shape index (κ2) is 9.27. The highest BCUT2D eigenvalue weighted by Crippen LogP contribution is 2.39. The topological polar surface area (TPSA) is 111 Å². The molecule has 2 aliphatic rings. The van der Waals surface area contributed by atoms with E-state index in [1.807, 2.05) is 7.05 Å². The quantitative estimate of drug-likeness (QED) is 0.440. The number of nitrogens with one attached hydrogen (secondary N) is 3. The van der Waals surface area contributed by atoms with Crippen molar-refractivity contribution < 1.29 is 22.7 Å². The van der Waals surface area contributed by atoms with Crippen LogP contribution in [0.15, 0.2) is 35.2 Å². The number of piperidine rings is 1. The van der Waals surface area contributed by atoms with Gasteiger partial charge in [0.2, 0.25) is 10.0 Å². The minimum Gasteiger partial charge on any atom is -0.504 e. The van der Waals surface area contributed by atoms with Crippen LogP contribution in [0.5, 0.6) is 5.75 Å². The molecule has 2 bridgehead atoms. The van der Waals surface area contributed by atoms with Gasteiger partial charge in [0.05, 0.1) is 21.4 Å². The first-order chi connectivity index (χ1) is 15.6. The molecule has 2 aromatic rings. The maximum atomic E-state index is 13.6. The zero-order valence-electron chi connectivity index (χ0n) is 17.6. The number of rotatable bonds is 5. The van der Waals surface area contributed by atoms with Gasteiger partial charge in [-0.05, 0) is 57.0 Å². The molecule has 0 radical (unpaired) electrons. The molecule has 2 aliphatic heterocycles. The molecule has 178 valence electrons. The van der Waals surface area contributed by atoms with Gasteiger partial charge in [-0.15, -0.1) is 0 Å². The Kier molecular flexibility index (Phi) is 6.75. The van der Waals surface area contributed by atoms with Gasteiger partial charge in [0.1, 0.15) is 10.7 Å². The summed E-state index contributed by atoms with van der Waals surface area (Å²) in [6.07, 6.45) is 3.38. The lowest BCUT2D eigenvalue weighted by atomic mass is 9.99. The number of carbonyl (C=O) groups excluding carboxylic acids is 1. The largest absolute Gasteiger partial charge is 0.504 e. The molecule has 0 spiro atoms. The van der Waals surface area contributed by atoms with E-state index in [1.165, 1.54) is 24.3 Å². The minimum absolute atomic E-state index is 0.00836. The third-order valence-corrected chi connectivity index (χ3v) is 8.63. The third kappa shape index (κ3) is 4.90. The first-order valence-corrected chi connectivity index (χ1v) is 12.6. The summed E-state index contributed by atoms with van der Waals surface area (Å²) in [4.78, 5) is 14.1. The number of nitrogens with zero attached hydrogens (tertiary/aromatic N) is 1. The van der Waals surface area contributed by atoms with Crippen LogP contribution in [0.1, 0.15) is 25.7 Å². The number of amides is 2. The van der Waals surface area contributed by atoms with Crippen LogP contribution < -0.4 is 15.4 Å². The Balaban J connectivity index is 1.52. The van der Waals surface area contributed by atoms with E-state index in [-0.39, 0.29) is 27.5 Å².